The molecule has 0 saturated carbocycles. The number of carbonyl (C=O) groups excluding carboxylic acids is 1. The largest absolute Gasteiger partial charge is 0.373 e. The number of amides is 1. The van der Waals surface area contributed by atoms with Crippen LogP contribution in [0.25, 0.3) is 11.2 Å². The van der Waals surface area contributed by atoms with Crippen LogP contribution in [-0.4, -0.2) is 72.3 Å². The summed E-state index contributed by atoms with van der Waals surface area (Å²) in [6.45, 7) is 8.41. The first-order valence-electron chi connectivity index (χ1n) is 19.7. The number of hydrogen-bond donors (Lipinski definition) is 3. The first kappa shape index (κ1) is 41.7. The summed E-state index contributed by atoms with van der Waals surface area (Å²) in [7, 11) is -1.67. The molecule has 1 amide bonds. The third-order valence-electron chi connectivity index (χ3n) is 10.3. The molecule has 1 aliphatic rings. The predicted molar refractivity (Wildman–Crippen MR) is 227 cm³/mol. The highest BCUT2D eigenvalue weighted by molar-refractivity contribution is 7.44. The van der Waals surface area contributed by atoms with Gasteiger partial charge in [0, 0.05) is 24.1 Å². The highest BCUT2D eigenvalue weighted by atomic mass is 31.2. The van der Waals surface area contributed by atoms with E-state index in [-0.39, 0.29) is 49.9 Å². The van der Waals surface area contributed by atoms with Crippen LogP contribution in [0.3, 0.4) is 0 Å². The second kappa shape index (κ2) is 18.7. The van der Waals surface area contributed by atoms with E-state index in [1.807, 2.05) is 97.1 Å². The van der Waals surface area contributed by atoms with Crippen LogP contribution in [0.15, 0.2) is 134 Å². The molecular weight excluding hydrogens is 764 g/mol. The smallest absolute Gasteiger partial charge is 0.259 e. The maximum Gasteiger partial charge on any atom is 0.259 e. The molecule has 3 N–H and O–H groups in total. The van der Waals surface area contributed by atoms with Crippen molar-refractivity contribution in [3.8, 4) is 6.07 Å². The van der Waals surface area contributed by atoms with Crippen molar-refractivity contribution in [3.63, 3.8) is 0 Å². The van der Waals surface area contributed by atoms with E-state index in [2.05, 4.69) is 64.0 Å². The lowest BCUT2D eigenvalue weighted by atomic mass is 9.75. The van der Waals surface area contributed by atoms with Gasteiger partial charge in [-0.2, -0.15) is 5.26 Å². The summed E-state index contributed by atoms with van der Waals surface area (Å²) >= 11 is 0. The molecule has 59 heavy (non-hydrogen) atoms. The number of nitriles is 1. The summed E-state index contributed by atoms with van der Waals surface area (Å²) in [5, 5.41) is 29.4. The third-order valence-corrected chi connectivity index (χ3v) is 12.4. The Morgan fingerprint density at radius 1 is 0.898 bits per heavy atom. The zero-order chi connectivity index (χ0) is 41.4. The highest BCUT2D eigenvalue weighted by Crippen LogP contribution is 2.49. The molecule has 7 rings (SSSR count). The molecule has 6 aromatic rings. The topological polar surface area (TPSA) is 160 Å². The quantitative estimate of drug-likeness (QED) is 0.0355. The van der Waals surface area contributed by atoms with Gasteiger partial charge in [-0.25, -0.2) is 19.6 Å². The van der Waals surface area contributed by atoms with Crippen LogP contribution in [0.1, 0.15) is 73.8 Å². The van der Waals surface area contributed by atoms with Crippen LogP contribution in [0, 0.1) is 11.3 Å². The molecule has 14 heteroatoms. The van der Waals surface area contributed by atoms with Crippen molar-refractivity contribution >= 4 is 31.4 Å². The van der Waals surface area contributed by atoms with Crippen LogP contribution < -0.4 is 10.6 Å². The van der Waals surface area contributed by atoms with Gasteiger partial charge in [0.05, 0.1) is 37.6 Å². The Morgan fingerprint density at radius 3 is 2.00 bits per heavy atom. The van der Waals surface area contributed by atoms with E-state index in [1.54, 1.807) is 35.2 Å². The van der Waals surface area contributed by atoms with Gasteiger partial charge < -0.3 is 24.2 Å². The molecule has 4 aromatic carbocycles. The molecule has 1 saturated heterocycles. The maximum atomic E-state index is 13.4. The zero-order valence-corrected chi connectivity index (χ0v) is 34.4. The first-order chi connectivity index (χ1) is 28.6. The Morgan fingerprint density at radius 2 is 1.46 bits per heavy atom. The lowest BCUT2D eigenvalue weighted by Crippen LogP contribution is -2.62. The van der Waals surface area contributed by atoms with Crippen molar-refractivity contribution in [2.75, 3.05) is 18.5 Å². The summed E-state index contributed by atoms with van der Waals surface area (Å²) in [5.74, 6) is -0.0924. The fraction of sp³-hybridized carbons (Fsp3) is 0.311. The number of fused-ring (bicyclic) bond motifs is 1. The highest BCUT2D eigenvalue weighted by Gasteiger charge is 2.54. The molecule has 3 heterocycles. The number of nitrogens with one attached hydrogen (secondary N) is 2. The average Bonchev–Trinajstić information content (AvgIpc) is 3.84. The number of ether oxygens (including phenoxy) is 1. The van der Waals surface area contributed by atoms with Crippen molar-refractivity contribution in [2.45, 2.75) is 76.2 Å². The second-order valence-corrected chi connectivity index (χ2v) is 16.3. The number of rotatable bonds is 17. The normalized spacial score (nSPS) is 18.7. The number of anilines is 1. The molecule has 0 aliphatic carbocycles. The van der Waals surface area contributed by atoms with Gasteiger partial charge in [0.15, 0.2) is 17.0 Å². The Kier molecular flexibility index (Phi) is 13.2. The van der Waals surface area contributed by atoms with E-state index >= 15 is 0 Å². The van der Waals surface area contributed by atoms with Crippen LogP contribution in [0.5, 0.6) is 0 Å². The van der Waals surface area contributed by atoms with Gasteiger partial charge in [-0.15, -0.1) is 0 Å². The van der Waals surface area contributed by atoms with Gasteiger partial charge in [0.25, 0.3) is 14.4 Å². The Balaban J connectivity index is 1.31. The lowest BCUT2D eigenvalue weighted by Gasteiger charge is -2.44. The summed E-state index contributed by atoms with van der Waals surface area (Å²) < 4.78 is 23.7. The van der Waals surface area contributed by atoms with Crippen molar-refractivity contribution in [2.24, 2.45) is 0 Å². The Bertz CT molecular complexity index is 2220. The molecule has 4 atom stereocenters. The molecule has 304 valence electrons. The molecule has 1 unspecified atom stereocenters. The van der Waals surface area contributed by atoms with Crippen LogP contribution >= 0.6 is 8.53 Å². The van der Waals surface area contributed by atoms with Gasteiger partial charge in [-0.1, -0.05) is 109 Å². The minimum atomic E-state index is -1.76. The third kappa shape index (κ3) is 8.95. The van der Waals surface area contributed by atoms with Crippen molar-refractivity contribution < 1.29 is 23.7 Å². The molecule has 2 aromatic heterocycles. The molecular formula is C45H49N8O5P. The van der Waals surface area contributed by atoms with Crippen molar-refractivity contribution in [3.05, 3.63) is 156 Å². The Labute approximate surface area is 346 Å². The van der Waals surface area contributed by atoms with Crippen LogP contribution in [0.4, 0.5) is 5.82 Å². The Hall–Kier alpha value is -5.42. The van der Waals surface area contributed by atoms with E-state index in [4.69, 9.17) is 13.8 Å². The SMILES string of the molecule is CC(C)N(C(C)C)P(OCCC#N)OC[C@H]1O[C@@H](n2cnc3c(NC(=O)c4ccccc4)ncnc32)C[C@@]1(O)NC(c1ccccc1)(c1ccccc1)c1ccccc1. The van der Waals surface area contributed by atoms with Crippen molar-refractivity contribution in [1.82, 2.24) is 29.5 Å². The van der Waals surface area contributed by atoms with Gasteiger partial charge in [0.2, 0.25) is 0 Å². The monoisotopic (exact) mass is 812 g/mol. The van der Waals surface area contributed by atoms with E-state index in [9.17, 15) is 15.2 Å². The number of aromatic nitrogens is 4. The van der Waals surface area contributed by atoms with Gasteiger partial charge in [-0.3, -0.25) is 14.7 Å². The summed E-state index contributed by atoms with van der Waals surface area (Å²) in [4.78, 5) is 26.7. The zero-order valence-electron chi connectivity index (χ0n) is 33.6. The fourth-order valence-electron chi connectivity index (χ4n) is 7.69. The minimum absolute atomic E-state index is 0.0434. The first-order valence-corrected chi connectivity index (χ1v) is 20.9. The number of nitrogens with zero attached hydrogens (tertiary/aromatic N) is 6. The molecule has 0 spiro atoms. The van der Waals surface area contributed by atoms with Gasteiger partial charge in [0.1, 0.15) is 24.4 Å². The standard InChI is InChI=1S/C45H49N8O5P/c1-32(2)53(33(3)4)59(56-27-17-26-46)57-29-38-44(55,51-45(35-20-11-6-12-21-35,36-22-13-7-14-23-36)37-24-15-8-16-25-37)28-39(58-38)52-31-49-40-41(47-30-48-42(40)52)50-43(54)34-18-9-5-10-19-34/h5-16,18-25,30-33,38-39,51,55H,17,27-29H2,1-4H3,(H,47,48,50,54)/t38-,39-,44+,59?/m1/s1. The summed E-state index contributed by atoms with van der Waals surface area (Å²) in [6.07, 6.45) is 1.44. The summed E-state index contributed by atoms with van der Waals surface area (Å²) in [6, 6.07) is 41.3. The van der Waals surface area contributed by atoms with Gasteiger partial charge >= 0.3 is 0 Å². The number of carbonyl (C=O) groups is 1. The number of aliphatic hydroxyl groups is 1. The average molecular weight is 813 g/mol. The molecule has 13 nitrogen and oxygen atoms in total. The molecule has 1 aliphatic heterocycles. The fourth-order valence-corrected chi connectivity index (χ4v) is 9.30. The maximum absolute atomic E-state index is 13.4. The van der Waals surface area contributed by atoms with E-state index in [0.29, 0.717) is 16.7 Å². The van der Waals surface area contributed by atoms with E-state index in [0.717, 1.165) is 16.7 Å². The predicted octanol–water partition coefficient (Wildman–Crippen LogP) is 7.93. The molecule has 0 radical (unpaired) electrons. The van der Waals surface area contributed by atoms with Crippen molar-refractivity contribution in [1.29, 1.82) is 5.26 Å². The lowest BCUT2D eigenvalue weighted by molar-refractivity contribution is -0.101. The van der Waals surface area contributed by atoms with Crippen LogP contribution in [-0.2, 0) is 19.3 Å². The minimum Gasteiger partial charge on any atom is -0.373 e. The molecule has 0 bridgehead atoms. The number of hydrogen-bond acceptors (Lipinski definition) is 11. The summed E-state index contributed by atoms with van der Waals surface area (Å²) in [5.41, 5.74) is 1.13. The second-order valence-electron chi connectivity index (χ2n) is 14.9. The van der Waals surface area contributed by atoms with Gasteiger partial charge in [-0.05, 0) is 56.5 Å². The number of imidazole rings is 1. The van der Waals surface area contributed by atoms with E-state index in [1.165, 1.54) is 6.33 Å². The molecule has 1 fully saturated rings. The van der Waals surface area contributed by atoms with Crippen LogP contribution in [0.2, 0.25) is 0 Å². The number of benzene rings is 4. The van der Waals surface area contributed by atoms with E-state index < -0.39 is 32.1 Å².